The maximum atomic E-state index is 12.5. The molecule has 0 aromatic heterocycles. The highest BCUT2D eigenvalue weighted by Crippen LogP contribution is 2.36. The predicted molar refractivity (Wildman–Crippen MR) is 104 cm³/mol. The minimum absolute atomic E-state index is 0.00785. The fourth-order valence-corrected chi connectivity index (χ4v) is 3.52. The zero-order valence-corrected chi connectivity index (χ0v) is 15.6. The number of benzene rings is 2. The van der Waals surface area contributed by atoms with Crippen LogP contribution in [0, 0.1) is 6.92 Å². The van der Waals surface area contributed by atoms with Crippen molar-refractivity contribution in [2.24, 2.45) is 0 Å². The number of nitrogens with zero attached hydrogens (tertiary/aromatic N) is 2. The molecular weight excluding hydrogens is 342 g/mol. The molecule has 1 N–H and O–H groups in total. The molecule has 2 aliphatic rings. The SMILES string of the molecule is Cc1cc2c(cc1NC(=O)CN1CCN(Cc3ccccc3)CC1)OCO2. The third-order valence-electron chi connectivity index (χ3n) is 5.07. The highest BCUT2D eigenvalue weighted by Gasteiger charge is 2.20. The van der Waals surface area contributed by atoms with Crippen LogP contribution in [-0.4, -0.2) is 55.2 Å². The van der Waals surface area contributed by atoms with Crippen LogP contribution in [0.25, 0.3) is 0 Å². The van der Waals surface area contributed by atoms with Gasteiger partial charge in [-0.25, -0.2) is 0 Å². The van der Waals surface area contributed by atoms with E-state index in [1.165, 1.54) is 5.56 Å². The van der Waals surface area contributed by atoms with Crippen LogP contribution >= 0.6 is 0 Å². The number of aryl methyl sites for hydroxylation is 1. The van der Waals surface area contributed by atoms with Gasteiger partial charge in [-0.05, 0) is 24.1 Å². The van der Waals surface area contributed by atoms with Crippen LogP contribution < -0.4 is 14.8 Å². The predicted octanol–water partition coefficient (Wildman–Crippen LogP) is 2.48. The zero-order valence-electron chi connectivity index (χ0n) is 15.6. The number of carbonyl (C=O) groups excluding carboxylic acids is 1. The monoisotopic (exact) mass is 367 g/mol. The van der Waals surface area contributed by atoms with Gasteiger partial charge in [0.2, 0.25) is 12.7 Å². The molecule has 0 unspecified atom stereocenters. The summed E-state index contributed by atoms with van der Waals surface area (Å²) in [7, 11) is 0. The van der Waals surface area contributed by atoms with Crippen LogP contribution in [0.4, 0.5) is 5.69 Å². The minimum Gasteiger partial charge on any atom is -0.454 e. The van der Waals surface area contributed by atoms with Crippen LogP contribution in [0.5, 0.6) is 11.5 Å². The Morgan fingerprint density at radius 3 is 2.41 bits per heavy atom. The lowest BCUT2D eigenvalue weighted by Crippen LogP contribution is -2.48. The Kier molecular flexibility index (Phi) is 5.27. The molecule has 0 saturated carbocycles. The number of rotatable bonds is 5. The molecule has 2 aliphatic heterocycles. The number of fused-ring (bicyclic) bond motifs is 1. The van der Waals surface area contributed by atoms with E-state index < -0.39 is 0 Å². The van der Waals surface area contributed by atoms with E-state index in [1.54, 1.807) is 0 Å². The van der Waals surface area contributed by atoms with E-state index in [0.717, 1.165) is 49.7 Å². The molecule has 2 aromatic rings. The van der Waals surface area contributed by atoms with Crippen molar-refractivity contribution < 1.29 is 14.3 Å². The molecule has 0 radical (unpaired) electrons. The molecule has 0 spiro atoms. The Morgan fingerprint density at radius 2 is 1.67 bits per heavy atom. The van der Waals surface area contributed by atoms with Gasteiger partial charge in [-0.3, -0.25) is 14.6 Å². The van der Waals surface area contributed by atoms with Gasteiger partial charge in [-0.1, -0.05) is 30.3 Å². The summed E-state index contributed by atoms with van der Waals surface area (Å²) in [6.45, 7) is 7.33. The molecule has 0 atom stereocenters. The Labute approximate surface area is 159 Å². The van der Waals surface area contributed by atoms with Crippen molar-refractivity contribution in [3.63, 3.8) is 0 Å². The highest BCUT2D eigenvalue weighted by molar-refractivity contribution is 5.93. The first-order valence-corrected chi connectivity index (χ1v) is 9.36. The summed E-state index contributed by atoms with van der Waals surface area (Å²) in [4.78, 5) is 17.1. The molecule has 1 amide bonds. The Balaban J connectivity index is 1.26. The van der Waals surface area contributed by atoms with Gasteiger partial charge in [0.05, 0.1) is 6.54 Å². The van der Waals surface area contributed by atoms with E-state index in [9.17, 15) is 4.79 Å². The average molecular weight is 367 g/mol. The number of ether oxygens (including phenoxy) is 2. The van der Waals surface area contributed by atoms with Crippen molar-refractivity contribution in [2.45, 2.75) is 13.5 Å². The number of hydrogen-bond acceptors (Lipinski definition) is 5. The van der Waals surface area contributed by atoms with Gasteiger partial charge >= 0.3 is 0 Å². The summed E-state index contributed by atoms with van der Waals surface area (Å²) in [5, 5.41) is 3.01. The average Bonchev–Trinajstić information content (AvgIpc) is 3.11. The Morgan fingerprint density at radius 1 is 1.00 bits per heavy atom. The quantitative estimate of drug-likeness (QED) is 0.880. The second-order valence-corrected chi connectivity index (χ2v) is 7.11. The lowest BCUT2D eigenvalue weighted by Gasteiger charge is -2.34. The number of carbonyl (C=O) groups is 1. The molecule has 0 aliphatic carbocycles. The van der Waals surface area contributed by atoms with Crippen molar-refractivity contribution in [1.82, 2.24) is 9.80 Å². The summed E-state index contributed by atoms with van der Waals surface area (Å²) in [5.41, 5.74) is 3.09. The first-order chi connectivity index (χ1) is 13.2. The summed E-state index contributed by atoms with van der Waals surface area (Å²) >= 11 is 0. The number of amides is 1. The number of piperazine rings is 1. The number of anilines is 1. The van der Waals surface area contributed by atoms with Crippen LogP contribution in [0.3, 0.4) is 0 Å². The van der Waals surface area contributed by atoms with Gasteiger partial charge in [0, 0.05) is 44.5 Å². The van der Waals surface area contributed by atoms with Crippen molar-refractivity contribution in [1.29, 1.82) is 0 Å². The third-order valence-corrected chi connectivity index (χ3v) is 5.07. The highest BCUT2D eigenvalue weighted by atomic mass is 16.7. The van der Waals surface area contributed by atoms with E-state index in [2.05, 4.69) is 39.4 Å². The van der Waals surface area contributed by atoms with Crippen LogP contribution in [-0.2, 0) is 11.3 Å². The lowest BCUT2D eigenvalue weighted by atomic mass is 10.1. The van der Waals surface area contributed by atoms with E-state index in [1.807, 2.05) is 25.1 Å². The molecule has 1 fully saturated rings. The van der Waals surface area contributed by atoms with Crippen molar-refractivity contribution in [2.75, 3.05) is 44.8 Å². The summed E-state index contributed by atoms with van der Waals surface area (Å²) in [6, 6.07) is 14.3. The van der Waals surface area contributed by atoms with Crippen LogP contribution in [0.2, 0.25) is 0 Å². The smallest absolute Gasteiger partial charge is 0.238 e. The topological polar surface area (TPSA) is 54.0 Å². The molecule has 2 heterocycles. The summed E-state index contributed by atoms with van der Waals surface area (Å²) < 4.78 is 10.8. The van der Waals surface area contributed by atoms with Gasteiger partial charge in [-0.15, -0.1) is 0 Å². The fraction of sp³-hybridized carbons (Fsp3) is 0.381. The van der Waals surface area contributed by atoms with E-state index in [4.69, 9.17) is 9.47 Å². The zero-order chi connectivity index (χ0) is 18.6. The molecule has 4 rings (SSSR count). The molecule has 6 nitrogen and oxygen atoms in total. The molecule has 1 saturated heterocycles. The summed E-state index contributed by atoms with van der Waals surface area (Å²) in [6.07, 6.45) is 0. The maximum absolute atomic E-state index is 12.5. The first kappa shape index (κ1) is 17.8. The first-order valence-electron chi connectivity index (χ1n) is 9.36. The molecule has 142 valence electrons. The maximum Gasteiger partial charge on any atom is 0.238 e. The Hall–Kier alpha value is -2.57. The van der Waals surface area contributed by atoms with Gasteiger partial charge in [0.25, 0.3) is 0 Å². The largest absolute Gasteiger partial charge is 0.454 e. The van der Waals surface area contributed by atoms with E-state index >= 15 is 0 Å². The fourth-order valence-electron chi connectivity index (χ4n) is 3.52. The van der Waals surface area contributed by atoms with E-state index in [0.29, 0.717) is 12.3 Å². The second kappa shape index (κ2) is 7.98. The standard InChI is InChI=1S/C21H25N3O3/c1-16-11-19-20(27-15-26-19)12-18(16)22-21(25)14-24-9-7-23(8-10-24)13-17-5-3-2-4-6-17/h2-6,11-12H,7-10,13-15H2,1H3,(H,22,25). The molecule has 0 bridgehead atoms. The molecule has 2 aromatic carbocycles. The molecule has 27 heavy (non-hydrogen) atoms. The summed E-state index contributed by atoms with van der Waals surface area (Å²) in [5.74, 6) is 1.43. The van der Waals surface area contributed by atoms with Crippen LogP contribution in [0.15, 0.2) is 42.5 Å². The minimum atomic E-state index is 0.00785. The number of hydrogen-bond donors (Lipinski definition) is 1. The number of nitrogens with one attached hydrogen (secondary N) is 1. The lowest BCUT2D eigenvalue weighted by molar-refractivity contribution is -0.117. The normalized spacial score (nSPS) is 17.1. The van der Waals surface area contributed by atoms with Gasteiger partial charge in [0.15, 0.2) is 11.5 Å². The molecular formula is C21H25N3O3. The van der Waals surface area contributed by atoms with Crippen LogP contribution in [0.1, 0.15) is 11.1 Å². The van der Waals surface area contributed by atoms with E-state index in [-0.39, 0.29) is 12.7 Å². The van der Waals surface area contributed by atoms with Crippen molar-refractivity contribution >= 4 is 11.6 Å². The van der Waals surface area contributed by atoms with Crippen molar-refractivity contribution in [3.8, 4) is 11.5 Å². The van der Waals surface area contributed by atoms with Gasteiger partial charge < -0.3 is 14.8 Å². The van der Waals surface area contributed by atoms with Crippen molar-refractivity contribution in [3.05, 3.63) is 53.6 Å². The third kappa shape index (κ3) is 4.40. The van der Waals surface area contributed by atoms with Gasteiger partial charge in [-0.2, -0.15) is 0 Å². The second-order valence-electron chi connectivity index (χ2n) is 7.11. The van der Waals surface area contributed by atoms with Gasteiger partial charge in [0.1, 0.15) is 0 Å². The molecule has 6 heteroatoms. The Bertz CT molecular complexity index is 802.